The van der Waals surface area contributed by atoms with Crippen LogP contribution in [0.3, 0.4) is 0 Å². The molecule has 118 valence electrons. The van der Waals surface area contributed by atoms with Crippen molar-refractivity contribution in [2.24, 2.45) is 0 Å². The Morgan fingerprint density at radius 1 is 1.33 bits per heavy atom. The van der Waals surface area contributed by atoms with Crippen LogP contribution in [0.1, 0.15) is 38.7 Å². The number of unbranched alkanes of at least 4 members (excludes halogenated alkanes) is 1. The summed E-state index contributed by atoms with van der Waals surface area (Å²) in [6.45, 7) is 5.03. The number of rotatable bonds is 10. The predicted octanol–water partition coefficient (Wildman–Crippen LogP) is 2.83. The molecule has 0 aliphatic heterocycles. The van der Waals surface area contributed by atoms with Gasteiger partial charge in [-0.1, -0.05) is 25.8 Å². The molecule has 1 aromatic carbocycles. The highest BCUT2D eigenvalue weighted by Gasteiger charge is 2.16. The average molecular weight is 295 g/mol. The van der Waals surface area contributed by atoms with Gasteiger partial charge in [-0.05, 0) is 31.0 Å². The molecule has 0 saturated heterocycles. The summed E-state index contributed by atoms with van der Waals surface area (Å²) >= 11 is 0. The van der Waals surface area contributed by atoms with E-state index in [1.165, 1.54) is 0 Å². The highest BCUT2D eigenvalue weighted by atomic mass is 16.5. The van der Waals surface area contributed by atoms with Crippen LogP contribution in [0.2, 0.25) is 0 Å². The van der Waals surface area contributed by atoms with Crippen molar-refractivity contribution in [1.29, 1.82) is 0 Å². The summed E-state index contributed by atoms with van der Waals surface area (Å²) in [6, 6.07) is 5.12. The molecule has 1 rings (SSSR count). The molecule has 21 heavy (non-hydrogen) atoms. The lowest BCUT2D eigenvalue weighted by Crippen LogP contribution is -2.36. The second-order valence-corrected chi connectivity index (χ2v) is 4.83. The summed E-state index contributed by atoms with van der Waals surface area (Å²) < 4.78 is 10.7. The third-order valence-corrected chi connectivity index (χ3v) is 3.22. The van der Waals surface area contributed by atoms with Crippen LogP contribution >= 0.6 is 0 Å². The van der Waals surface area contributed by atoms with E-state index in [1.807, 2.05) is 25.1 Å². The van der Waals surface area contributed by atoms with Crippen LogP contribution < -0.4 is 14.8 Å². The van der Waals surface area contributed by atoms with Crippen LogP contribution in [0, 0.1) is 0 Å². The standard InChI is InChI=1S/C16H25NO4/c1-4-6-7-13(16(18)19)17-11-12-8-9-14(21-5-2)15(10-12)20-3/h8-10,13,17H,4-7,11H2,1-3H3,(H,18,19). The Hall–Kier alpha value is -1.75. The van der Waals surface area contributed by atoms with Gasteiger partial charge in [-0.2, -0.15) is 0 Å². The zero-order valence-corrected chi connectivity index (χ0v) is 13.0. The minimum Gasteiger partial charge on any atom is -0.493 e. The lowest BCUT2D eigenvalue weighted by Gasteiger charge is -2.15. The third kappa shape index (κ3) is 5.63. The largest absolute Gasteiger partial charge is 0.493 e. The number of ether oxygens (including phenoxy) is 2. The average Bonchev–Trinajstić information content (AvgIpc) is 2.48. The van der Waals surface area contributed by atoms with Crippen molar-refractivity contribution in [2.45, 2.75) is 45.7 Å². The van der Waals surface area contributed by atoms with E-state index in [0.717, 1.165) is 18.4 Å². The molecule has 0 heterocycles. The van der Waals surface area contributed by atoms with Crippen LogP contribution in [-0.4, -0.2) is 30.8 Å². The minimum absolute atomic E-state index is 0.490. The molecule has 0 saturated carbocycles. The SMILES string of the molecule is CCCCC(NCc1ccc(OCC)c(OC)c1)C(=O)O. The maximum absolute atomic E-state index is 11.2. The van der Waals surface area contributed by atoms with Gasteiger partial charge in [0.05, 0.1) is 13.7 Å². The zero-order valence-electron chi connectivity index (χ0n) is 13.0. The smallest absolute Gasteiger partial charge is 0.320 e. The fourth-order valence-electron chi connectivity index (χ4n) is 2.06. The summed E-state index contributed by atoms with van der Waals surface area (Å²) in [4.78, 5) is 11.2. The normalized spacial score (nSPS) is 12.0. The van der Waals surface area contributed by atoms with Gasteiger partial charge in [0.1, 0.15) is 6.04 Å². The Balaban J connectivity index is 2.67. The summed E-state index contributed by atoms with van der Waals surface area (Å²) in [6.07, 6.45) is 2.53. The van der Waals surface area contributed by atoms with Gasteiger partial charge in [-0.3, -0.25) is 4.79 Å². The van der Waals surface area contributed by atoms with Gasteiger partial charge in [0.2, 0.25) is 0 Å². The number of aliphatic carboxylic acids is 1. The molecule has 5 heteroatoms. The Labute approximate surface area is 126 Å². The first-order chi connectivity index (χ1) is 10.1. The van der Waals surface area contributed by atoms with Crippen molar-refractivity contribution in [2.75, 3.05) is 13.7 Å². The number of benzene rings is 1. The topological polar surface area (TPSA) is 67.8 Å². The molecule has 0 spiro atoms. The molecule has 0 fully saturated rings. The molecule has 1 atom stereocenters. The highest BCUT2D eigenvalue weighted by molar-refractivity contribution is 5.73. The van der Waals surface area contributed by atoms with Crippen molar-refractivity contribution in [3.63, 3.8) is 0 Å². The molecule has 0 amide bonds. The van der Waals surface area contributed by atoms with Gasteiger partial charge in [0.25, 0.3) is 0 Å². The minimum atomic E-state index is -0.804. The fraction of sp³-hybridized carbons (Fsp3) is 0.562. The number of carboxylic acids is 1. The Morgan fingerprint density at radius 3 is 2.67 bits per heavy atom. The number of hydrogen-bond donors (Lipinski definition) is 2. The Kier molecular flexibility index (Phi) is 7.61. The van der Waals surface area contributed by atoms with Crippen molar-refractivity contribution >= 4 is 5.97 Å². The van der Waals surface area contributed by atoms with Gasteiger partial charge in [0.15, 0.2) is 11.5 Å². The number of nitrogens with one attached hydrogen (secondary N) is 1. The van der Waals surface area contributed by atoms with Crippen molar-refractivity contribution < 1.29 is 19.4 Å². The lowest BCUT2D eigenvalue weighted by atomic mass is 10.1. The molecular weight excluding hydrogens is 270 g/mol. The van der Waals surface area contributed by atoms with Crippen LogP contribution in [0.5, 0.6) is 11.5 Å². The fourth-order valence-corrected chi connectivity index (χ4v) is 2.06. The maximum atomic E-state index is 11.2. The second kappa shape index (κ2) is 9.23. The first kappa shape index (κ1) is 17.3. The van der Waals surface area contributed by atoms with Crippen LogP contribution in [0.4, 0.5) is 0 Å². The van der Waals surface area contributed by atoms with E-state index < -0.39 is 12.0 Å². The van der Waals surface area contributed by atoms with Crippen molar-refractivity contribution in [1.82, 2.24) is 5.32 Å². The molecule has 1 unspecified atom stereocenters. The van der Waals surface area contributed by atoms with Gasteiger partial charge in [-0.25, -0.2) is 0 Å². The summed E-state index contributed by atoms with van der Waals surface area (Å²) in [5, 5.41) is 12.3. The number of hydrogen-bond acceptors (Lipinski definition) is 4. The summed E-state index contributed by atoms with van der Waals surface area (Å²) in [7, 11) is 1.59. The van der Waals surface area contributed by atoms with E-state index in [4.69, 9.17) is 9.47 Å². The Morgan fingerprint density at radius 2 is 2.10 bits per heavy atom. The first-order valence-electron chi connectivity index (χ1n) is 7.38. The van der Waals surface area contributed by atoms with E-state index in [1.54, 1.807) is 7.11 Å². The van der Waals surface area contributed by atoms with E-state index in [2.05, 4.69) is 12.2 Å². The number of carboxylic acid groups (broad SMARTS) is 1. The summed E-state index contributed by atoms with van der Waals surface area (Å²) in [5.74, 6) is 0.558. The van der Waals surface area contributed by atoms with Crippen LogP contribution in [0.25, 0.3) is 0 Å². The summed E-state index contributed by atoms with van der Waals surface area (Å²) in [5.41, 5.74) is 0.970. The van der Waals surface area contributed by atoms with E-state index in [-0.39, 0.29) is 0 Å². The molecule has 0 aliphatic carbocycles. The van der Waals surface area contributed by atoms with Gasteiger partial charge in [-0.15, -0.1) is 0 Å². The molecular formula is C16H25NO4. The van der Waals surface area contributed by atoms with Crippen molar-refractivity contribution in [3.05, 3.63) is 23.8 Å². The van der Waals surface area contributed by atoms with Crippen LogP contribution in [-0.2, 0) is 11.3 Å². The maximum Gasteiger partial charge on any atom is 0.320 e. The van der Waals surface area contributed by atoms with E-state index in [0.29, 0.717) is 31.1 Å². The lowest BCUT2D eigenvalue weighted by molar-refractivity contribution is -0.139. The van der Waals surface area contributed by atoms with Gasteiger partial charge in [0, 0.05) is 6.54 Å². The first-order valence-corrected chi connectivity index (χ1v) is 7.38. The van der Waals surface area contributed by atoms with Crippen LogP contribution in [0.15, 0.2) is 18.2 Å². The molecule has 1 aromatic rings. The molecule has 0 aromatic heterocycles. The van der Waals surface area contributed by atoms with E-state index in [9.17, 15) is 9.90 Å². The molecule has 0 bridgehead atoms. The molecule has 5 nitrogen and oxygen atoms in total. The quantitative estimate of drug-likeness (QED) is 0.694. The van der Waals surface area contributed by atoms with Gasteiger partial charge >= 0.3 is 5.97 Å². The number of methoxy groups -OCH3 is 1. The molecule has 0 radical (unpaired) electrons. The second-order valence-electron chi connectivity index (χ2n) is 4.83. The third-order valence-electron chi connectivity index (χ3n) is 3.22. The molecule has 2 N–H and O–H groups in total. The van der Waals surface area contributed by atoms with E-state index >= 15 is 0 Å². The Bertz CT molecular complexity index is 448. The van der Waals surface area contributed by atoms with Crippen molar-refractivity contribution in [3.8, 4) is 11.5 Å². The highest BCUT2D eigenvalue weighted by Crippen LogP contribution is 2.28. The number of carbonyl (C=O) groups is 1. The monoisotopic (exact) mass is 295 g/mol. The zero-order chi connectivity index (χ0) is 15.7. The predicted molar refractivity (Wildman–Crippen MR) is 82.0 cm³/mol. The van der Waals surface area contributed by atoms with Gasteiger partial charge < -0.3 is 19.9 Å². The molecule has 0 aliphatic rings.